The van der Waals surface area contributed by atoms with E-state index in [0.717, 1.165) is 24.1 Å². The van der Waals surface area contributed by atoms with Crippen LogP contribution in [0.25, 0.3) is 10.9 Å². The third-order valence-electron chi connectivity index (χ3n) is 3.69. The Morgan fingerprint density at radius 1 is 0.857 bits per heavy atom. The van der Waals surface area contributed by atoms with Gasteiger partial charge in [0.25, 0.3) is 0 Å². The number of nitrogens with two attached hydrogens (primary N) is 1. The molecule has 0 radical (unpaired) electrons. The van der Waals surface area contributed by atoms with Crippen molar-refractivity contribution in [2.45, 2.75) is 25.3 Å². The number of nitrogens with zero attached hydrogens (tertiary/aromatic N) is 1. The zero-order valence-corrected chi connectivity index (χ0v) is 12.3. The summed E-state index contributed by atoms with van der Waals surface area (Å²) in [6.07, 6.45) is 1.62. The molecule has 0 aliphatic heterocycles. The fourth-order valence-electron chi connectivity index (χ4n) is 2.75. The summed E-state index contributed by atoms with van der Waals surface area (Å²) in [7, 11) is 0. The molecule has 0 amide bonds. The Bertz CT molecular complexity index is 733. The van der Waals surface area contributed by atoms with Gasteiger partial charge in [0.05, 0.1) is 5.52 Å². The molecule has 2 heteroatoms. The van der Waals surface area contributed by atoms with Crippen LogP contribution in [0.1, 0.15) is 18.2 Å². The number of benzene rings is 2. The van der Waals surface area contributed by atoms with Crippen LogP contribution in [0.5, 0.6) is 0 Å². The number of aromatic nitrogens is 1. The summed E-state index contributed by atoms with van der Waals surface area (Å²) in [5.41, 5.74) is 9.54. The van der Waals surface area contributed by atoms with Crippen LogP contribution in [0.15, 0.2) is 66.7 Å². The van der Waals surface area contributed by atoms with Crippen LogP contribution in [-0.4, -0.2) is 10.5 Å². The lowest BCUT2D eigenvalue weighted by Crippen LogP contribution is -2.41. The highest BCUT2D eigenvalue weighted by Gasteiger charge is 2.20. The summed E-state index contributed by atoms with van der Waals surface area (Å²) in [6, 6.07) is 22.8. The number of pyridine rings is 1. The maximum Gasteiger partial charge on any atom is 0.0705 e. The number of hydrogen-bond acceptors (Lipinski definition) is 2. The minimum Gasteiger partial charge on any atom is -0.325 e. The molecule has 1 atom stereocenters. The van der Waals surface area contributed by atoms with Crippen molar-refractivity contribution in [2.75, 3.05) is 0 Å². The van der Waals surface area contributed by atoms with Crippen LogP contribution < -0.4 is 5.73 Å². The Kier molecular flexibility index (Phi) is 3.72. The molecule has 2 N–H and O–H groups in total. The second-order valence-electron chi connectivity index (χ2n) is 5.99. The summed E-state index contributed by atoms with van der Waals surface area (Å²) >= 11 is 0. The molecule has 0 bridgehead atoms. The van der Waals surface area contributed by atoms with Crippen molar-refractivity contribution in [1.82, 2.24) is 4.98 Å². The Morgan fingerprint density at radius 3 is 2.38 bits per heavy atom. The fraction of sp³-hybridized carbons (Fsp3) is 0.211. The van der Waals surface area contributed by atoms with Crippen molar-refractivity contribution >= 4 is 10.9 Å². The normalized spacial score (nSPS) is 14.0. The Balaban J connectivity index is 1.80. The van der Waals surface area contributed by atoms with Crippen molar-refractivity contribution in [3.8, 4) is 0 Å². The lowest BCUT2D eigenvalue weighted by molar-refractivity contribution is 0.458. The van der Waals surface area contributed by atoms with Crippen LogP contribution in [0.2, 0.25) is 0 Å². The van der Waals surface area contributed by atoms with E-state index in [2.05, 4.69) is 49.4 Å². The number of hydrogen-bond donors (Lipinski definition) is 1. The van der Waals surface area contributed by atoms with Gasteiger partial charge in [-0.05, 0) is 31.0 Å². The van der Waals surface area contributed by atoms with E-state index >= 15 is 0 Å². The minimum absolute atomic E-state index is 0.295. The summed E-state index contributed by atoms with van der Waals surface area (Å²) in [5, 5.41) is 1.17. The van der Waals surface area contributed by atoms with Gasteiger partial charge in [0, 0.05) is 23.0 Å². The summed E-state index contributed by atoms with van der Waals surface area (Å²) in [6.45, 7) is 2.09. The van der Waals surface area contributed by atoms with Crippen molar-refractivity contribution in [3.63, 3.8) is 0 Å². The maximum atomic E-state index is 6.48. The largest absolute Gasteiger partial charge is 0.325 e. The molecule has 0 aliphatic rings. The second-order valence-corrected chi connectivity index (χ2v) is 5.99. The quantitative estimate of drug-likeness (QED) is 0.788. The summed E-state index contributed by atoms with van der Waals surface area (Å²) < 4.78 is 0. The second kappa shape index (κ2) is 5.66. The van der Waals surface area contributed by atoms with E-state index in [0.29, 0.717) is 0 Å². The molecule has 0 spiro atoms. The lowest BCUT2D eigenvalue weighted by atomic mass is 9.89. The molecule has 1 unspecified atom stereocenters. The van der Waals surface area contributed by atoms with Crippen LogP contribution >= 0.6 is 0 Å². The molecular weight excluding hydrogens is 256 g/mol. The van der Waals surface area contributed by atoms with Gasteiger partial charge in [-0.2, -0.15) is 0 Å². The molecule has 1 heterocycles. The topological polar surface area (TPSA) is 38.9 Å². The average molecular weight is 276 g/mol. The van der Waals surface area contributed by atoms with Gasteiger partial charge in [0.2, 0.25) is 0 Å². The van der Waals surface area contributed by atoms with Crippen LogP contribution in [-0.2, 0) is 12.8 Å². The third-order valence-corrected chi connectivity index (χ3v) is 3.69. The highest BCUT2D eigenvalue weighted by Crippen LogP contribution is 2.18. The van der Waals surface area contributed by atoms with Gasteiger partial charge in [0.1, 0.15) is 0 Å². The third kappa shape index (κ3) is 3.47. The van der Waals surface area contributed by atoms with Gasteiger partial charge in [0.15, 0.2) is 0 Å². The van der Waals surface area contributed by atoms with E-state index in [1.54, 1.807) is 0 Å². The Morgan fingerprint density at radius 2 is 1.57 bits per heavy atom. The molecule has 0 saturated heterocycles. The van der Waals surface area contributed by atoms with E-state index in [1.807, 2.05) is 24.3 Å². The monoisotopic (exact) mass is 276 g/mol. The first kappa shape index (κ1) is 13.8. The fourth-order valence-corrected chi connectivity index (χ4v) is 2.75. The van der Waals surface area contributed by atoms with E-state index < -0.39 is 0 Å². The molecule has 0 saturated carbocycles. The van der Waals surface area contributed by atoms with E-state index in [-0.39, 0.29) is 5.54 Å². The highest BCUT2D eigenvalue weighted by molar-refractivity contribution is 5.78. The van der Waals surface area contributed by atoms with Crippen molar-refractivity contribution in [3.05, 3.63) is 78.0 Å². The van der Waals surface area contributed by atoms with E-state index in [1.165, 1.54) is 10.9 Å². The van der Waals surface area contributed by atoms with Gasteiger partial charge >= 0.3 is 0 Å². The van der Waals surface area contributed by atoms with Gasteiger partial charge in [-0.25, -0.2) is 0 Å². The zero-order chi connectivity index (χ0) is 14.7. The van der Waals surface area contributed by atoms with Crippen LogP contribution in [0.3, 0.4) is 0 Å². The van der Waals surface area contributed by atoms with Gasteiger partial charge in [-0.3, -0.25) is 4.98 Å². The molecule has 0 aliphatic carbocycles. The maximum absolute atomic E-state index is 6.48. The standard InChI is InChI=1S/C19H20N2/c1-19(20,13-15-7-3-2-4-8-15)14-17-12-11-16-9-5-6-10-18(16)21-17/h2-12H,13-14,20H2,1H3. The molecule has 2 aromatic carbocycles. The molecular formula is C19H20N2. The smallest absolute Gasteiger partial charge is 0.0705 e. The van der Waals surface area contributed by atoms with Crippen LogP contribution in [0.4, 0.5) is 0 Å². The van der Waals surface area contributed by atoms with Crippen molar-refractivity contribution in [2.24, 2.45) is 5.73 Å². The molecule has 106 valence electrons. The lowest BCUT2D eigenvalue weighted by Gasteiger charge is -2.24. The first-order chi connectivity index (χ1) is 10.1. The van der Waals surface area contributed by atoms with Crippen LogP contribution in [0, 0.1) is 0 Å². The number of fused-ring (bicyclic) bond motifs is 1. The minimum atomic E-state index is -0.295. The Hall–Kier alpha value is -2.19. The number of para-hydroxylation sites is 1. The summed E-state index contributed by atoms with van der Waals surface area (Å²) in [5.74, 6) is 0. The molecule has 21 heavy (non-hydrogen) atoms. The molecule has 0 fully saturated rings. The average Bonchev–Trinajstić information content (AvgIpc) is 2.47. The Labute approximate surface area is 125 Å². The highest BCUT2D eigenvalue weighted by atomic mass is 14.8. The van der Waals surface area contributed by atoms with Crippen molar-refractivity contribution in [1.29, 1.82) is 0 Å². The first-order valence-corrected chi connectivity index (χ1v) is 7.30. The molecule has 2 nitrogen and oxygen atoms in total. The molecule has 1 aromatic heterocycles. The van der Waals surface area contributed by atoms with Crippen molar-refractivity contribution < 1.29 is 0 Å². The zero-order valence-electron chi connectivity index (χ0n) is 12.3. The predicted molar refractivity (Wildman–Crippen MR) is 88.2 cm³/mol. The number of rotatable bonds is 4. The van der Waals surface area contributed by atoms with Gasteiger partial charge < -0.3 is 5.73 Å². The van der Waals surface area contributed by atoms with E-state index in [9.17, 15) is 0 Å². The molecule has 3 rings (SSSR count). The van der Waals surface area contributed by atoms with E-state index in [4.69, 9.17) is 10.7 Å². The summed E-state index contributed by atoms with van der Waals surface area (Å²) in [4.78, 5) is 4.72. The van der Waals surface area contributed by atoms with Gasteiger partial charge in [-0.15, -0.1) is 0 Å². The SMILES string of the molecule is CC(N)(Cc1ccccc1)Cc1ccc2ccccc2n1. The molecule has 3 aromatic rings. The first-order valence-electron chi connectivity index (χ1n) is 7.30. The predicted octanol–water partition coefficient (Wildman–Crippen LogP) is 3.74. The van der Waals surface area contributed by atoms with Gasteiger partial charge in [-0.1, -0.05) is 54.6 Å².